The minimum Gasteiger partial charge on any atom is -0.480 e. The first-order chi connectivity index (χ1) is 7.20. The second kappa shape index (κ2) is 6.31. The molecule has 0 aliphatic rings. The van der Waals surface area contributed by atoms with Crippen molar-refractivity contribution in [3.8, 4) is 0 Å². The van der Waals surface area contributed by atoms with Gasteiger partial charge in [-0.05, 0) is 13.0 Å². The molecule has 0 unspecified atom stereocenters. The summed E-state index contributed by atoms with van der Waals surface area (Å²) in [6.45, 7) is -1.37. The van der Waals surface area contributed by atoms with E-state index >= 15 is 0 Å². The number of carboxylic acid groups (broad SMARTS) is 2. The molecule has 5 nitrogen and oxygen atoms in total. The first-order valence-corrected chi connectivity index (χ1v) is 4.43. The number of halogens is 3. The lowest BCUT2D eigenvalue weighted by Crippen LogP contribution is -2.35. The van der Waals surface area contributed by atoms with Gasteiger partial charge in [0.2, 0.25) is 0 Å². The Morgan fingerprint density at radius 1 is 1.06 bits per heavy atom. The zero-order valence-corrected chi connectivity index (χ0v) is 8.33. The normalized spacial score (nSPS) is 11.8. The number of rotatable bonds is 7. The van der Waals surface area contributed by atoms with Gasteiger partial charge in [0.15, 0.2) is 0 Å². The fraction of sp³-hybridized carbons (Fsp3) is 0.750. The van der Waals surface area contributed by atoms with E-state index in [-0.39, 0.29) is 13.0 Å². The summed E-state index contributed by atoms with van der Waals surface area (Å²) >= 11 is 0. The molecule has 0 aliphatic carbocycles. The summed E-state index contributed by atoms with van der Waals surface area (Å²) < 4.78 is 35.3. The van der Waals surface area contributed by atoms with Gasteiger partial charge in [0.25, 0.3) is 0 Å². The molecule has 0 aliphatic heterocycles. The van der Waals surface area contributed by atoms with E-state index in [1.807, 2.05) is 0 Å². The highest BCUT2D eigenvalue weighted by Gasteiger charge is 2.26. The molecular weight excluding hydrogens is 231 g/mol. The van der Waals surface area contributed by atoms with Crippen molar-refractivity contribution >= 4 is 11.9 Å². The van der Waals surface area contributed by atoms with Gasteiger partial charge in [-0.3, -0.25) is 14.5 Å². The third kappa shape index (κ3) is 9.25. The van der Waals surface area contributed by atoms with Crippen molar-refractivity contribution in [2.45, 2.75) is 19.0 Å². The maximum Gasteiger partial charge on any atom is 0.389 e. The fourth-order valence-electron chi connectivity index (χ4n) is 1.10. The van der Waals surface area contributed by atoms with E-state index in [2.05, 4.69) is 0 Å². The number of aliphatic carboxylic acids is 2. The quantitative estimate of drug-likeness (QED) is 0.691. The van der Waals surface area contributed by atoms with Crippen molar-refractivity contribution in [2.24, 2.45) is 0 Å². The Morgan fingerprint density at radius 2 is 1.50 bits per heavy atom. The zero-order valence-electron chi connectivity index (χ0n) is 8.33. The molecule has 0 aromatic carbocycles. The van der Waals surface area contributed by atoms with Gasteiger partial charge in [-0.1, -0.05) is 0 Å². The Labute approximate surface area is 89.5 Å². The summed E-state index contributed by atoms with van der Waals surface area (Å²) in [4.78, 5) is 21.5. The van der Waals surface area contributed by atoms with Crippen molar-refractivity contribution in [3.05, 3.63) is 0 Å². The standard InChI is InChI=1S/C8H12F3NO4/c9-8(10,11)2-1-3-12(4-6(13)14)5-7(15)16/h1-5H2,(H,13,14)(H,15,16). The van der Waals surface area contributed by atoms with Gasteiger partial charge >= 0.3 is 18.1 Å². The van der Waals surface area contributed by atoms with Gasteiger partial charge in [0.05, 0.1) is 13.1 Å². The van der Waals surface area contributed by atoms with E-state index in [0.29, 0.717) is 0 Å². The van der Waals surface area contributed by atoms with Gasteiger partial charge in [-0.2, -0.15) is 13.2 Å². The molecule has 0 heterocycles. The average molecular weight is 243 g/mol. The monoisotopic (exact) mass is 243 g/mol. The summed E-state index contributed by atoms with van der Waals surface area (Å²) in [5.41, 5.74) is 0. The second-order valence-corrected chi connectivity index (χ2v) is 3.22. The van der Waals surface area contributed by atoms with Crippen LogP contribution in [0.4, 0.5) is 13.2 Å². The molecule has 0 atom stereocenters. The first-order valence-electron chi connectivity index (χ1n) is 4.43. The highest BCUT2D eigenvalue weighted by atomic mass is 19.4. The zero-order chi connectivity index (χ0) is 12.8. The van der Waals surface area contributed by atoms with Gasteiger partial charge < -0.3 is 10.2 Å². The average Bonchev–Trinajstić information content (AvgIpc) is 1.98. The predicted molar refractivity (Wildman–Crippen MR) is 47.0 cm³/mol. The van der Waals surface area contributed by atoms with Gasteiger partial charge in [0.1, 0.15) is 0 Å². The Kier molecular flexibility index (Phi) is 5.79. The molecule has 0 aromatic rings. The maximum atomic E-state index is 11.8. The van der Waals surface area contributed by atoms with Crippen LogP contribution >= 0.6 is 0 Å². The second-order valence-electron chi connectivity index (χ2n) is 3.22. The van der Waals surface area contributed by atoms with Crippen molar-refractivity contribution < 1.29 is 33.0 Å². The van der Waals surface area contributed by atoms with Crippen LogP contribution in [0.15, 0.2) is 0 Å². The third-order valence-electron chi connectivity index (χ3n) is 1.65. The van der Waals surface area contributed by atoms with Crippen LogP contribution in [-0.2, 0) is 9.59 Å². The largest absolute Gasteiger partial charge is 0.480 e. The van der Waals surface area contributed by atoms with Crippen LogP contribution in [0.2, 0.25) is 0 Å². The van der Waals surface area contributed by atoms with Crippen molar-refractivity contribution in [1.29, 1.82) is 0 Å². The van der Waals surface area contributed by atoms with Gasteiger partial charge in [-0.25, -0.2) is 0 Å². The summed E-state index contributed by atoms with van der Waals surface area (Å²) in [5.74, 6) is -2.54. The molecule has 0 radical (unpaired) electrons. The number of nitrogens with zero attached hydrogens (tertiary/aromatic N) is 1. The minimum absolute atomic E-state index is 0.210. The van der Waals surface area contributed by atoms with Crippen LogP contribution in [0.5, 0.6) is 0 Å². The number of hydrogen-bond donors (Lipinski definition) is 2. The summed E-state index contributed by atoms with van der Waals surface area (Å²) in [6.07, 6.45) is -5.68. The third-order valence-corrected chi connectivity index (χ3v) is 1.65. The molecule has 0 fully saturated rings. The van der Waals surface area contributed by atoms with Gasteiger partial charge in [-0.15, -0.1) is 0 Å². The lowest BCUT2D eigenvalue weighted by molar-refractivity contribution is -0.142. The molecular formula is C8H12F3NO4. The molecule has 0 spiro atoms. The predicted octanol–water partition coefficient (Wildman–Crippen LogP) is 0.800. The van der Waals surface area contributed by atoms with Crippen LogP contribution in [0.1, 0.15) is 12.8 Å². The molecule has 0 saturated heterocycles. The molecule has 0 amide bonds. The highest BCUT2D eigenvalue weighted by Crippen LogP contribution is 2.21. The van der Waals surface area contributed by atoms with E-state index in [4.69, 9.17) is 10.2 Å². The smallest absolute Gasteiger partial charge is 0.389 e. The van der Waals surface area contributed by atoms with Crippen LogP contribution < -0.4 is 0 Å². The van der Waals surface area contributed by atoms with Crippen LogP contribution in [0.3, 0.4) is 0 Å². The van der Waals surface area contributed by atoms with E-state index < -0.39 is 37.6 Å². The van der Waals surface area contributed by atoms with E-state index in [9.17, 15) is 22.8 Å². The molecule has 2 N–H and O–H groups in total. The van der Waals surface area contributed by atoms with Gasteiger partial charge in [0, 0.05) is 6.42 Å². The minimum atomic E-state index is -4.31. The molecule has 0 saturated carbocycles. The Balaban J connectivity index is 4.01. The van der Waals surface area contributed by atoms with Crippen molar-refractivity contribution in [3.63, 3.8) is 0 Å². The van der Waals surface area contributed by atoms with Crippen LogP contribution in [0.25, 0.3) is 0 Å². The van der Waals surface area contributed by atoms with E-state index in [0.717, 1.165) is 4.90 Å². The number of hydrogen-bond acceptors (Lipinski definition) is 3. The van der Waals surface area contributed by atoms with Crippen LogP contribution in [0, 0.1) is 0 Å². The molecule has 94 valence electrons. The SMILES string of the molecule is O=C(O)CN(CCCC(F)(F)F)CC(=O)O. The first kappa shape index (κ1) is 14.7. The Hall–Kier alpha value is -1.31. The lowest BCUT2D eigenvalue weighted by atomic mass is 10.3. The molecule has 0 rings (SSSR count). The molecule has 8 heteroatoms. The Morgan fingerprint density at radius 3 is 1.81 bits per heavy atom. The van der Waals surface area contributed by atoms with Crippen molar-refractivity contribution in [1.82, 2.24) is 4.90 Å². The maximum absolute atomic E-state index is 11.8. The summed E-state index contributed by atoms with van der Waals surface area (Å²) in [5, 5.41) is 16.8. The molecule has 16 heavy (non-hydrogen) atoms. The fourth-order valence-corrected chi connectivity index (χ4v) is 1.10. The number of alkyl halides is 3. The van der Waals surface area contributed by atoms with E-state index in [1.54, 1.807) is 0 Å². The summed E-state index contributed by atoms with van der Waals surface area (Å²) in [7, 11) is 0. The molecule has 0 aromatic heterocycles. The van der Waals surface area contributed by atoms with E-state index in [1.165, 1.54) is 0 Å². The topological polar surface area (TPSA) is 77.8 Å². The highest BCUT2D eigenvalue weighted by molar-refractivity contribution is 5.72. The number of carbonyl (C=O) groups is 2. The lowest BCUT2D eigenvalue weighted by Gasteiger charge is -2.17. The number of carboxylic acids is 2. The van der Waals surface area contributed by atoms with Crippen LogP contribution in [-0.4, -0.2) is 52.9 Å². The Bertz CT molecular complexity index is 238. The molecule has 0 bridgehead atoms. The summed E-state index contributed by atoms with van der Waals surface area (Å²) in [6, 6.07) is 0. The van der Waals surface area contributed by atoms with Crippen molar-refractivity contribution in [2.75, 3.05) is 19.6 Å².